The van der Waals surface area contributed by atoms with Crippen LogP contribution in [0.25, 0.3) is 21.3 Å². The number of aryl methyl sites for hydroxylation is 1. The number of β-amino-alcohol motifs (C(OH)–C–C–N with tert-alkyl or cyclic N) is 1. The number of fused-ring (bicyclic) bond motifs is 1. The molecule has 4 aromatic rings. The normalized spacial score (nSPS) is 16.1. The number of aliphatic hydroxyl groups excluding tert-OH is 1. The first-order chi connectivity index (χ1) is 18.8. The molecule has 39 heavy (non-hydrogen) atoms. The second-order valence-corrected chi connectivity index (χ2v) is 10.9. The van der Waals surface area contributed by atoms with Crippen LogP contribution in [0.15, 0.2) is 54.9 Å². The topological polar surface area (TPSA) is 66.7 Å². The smallest absolute Gasteiger partial charge is 0.416 e. The molecule has 208 valence electrons. The minimum absolute atomic E-state index is 0.233. The third-order valence-electron chi connectivity index (χ3n) is 6.91. The van der Waals surface area contributed by atoms with Gasteiger partial charge in [-0.05, 0) is 36.2 Å². The molecule has 0 bridgehead atoms. The lowest BCUT2D eigenvalue weighted by Crippen LogP contribution is -2.49. The predicted molar refractivity (Wildman–Crippen MR) is 146 cm³/mol. The number of benzene rings is 2. The first-order valence-corrected chi connectivity index (χ1v) is 13.9. The Labute approximate surface area is 229 Å². The van der Waals surface area contributed by atoms with Gasteiger partial charge in [0.2, 0.25) is 0 Å². The lowest BCUT2D eigenvalue weighted by atomic mass is 10.1. The number of aromatic nitrogens is 3. The maximum atomic E-state index is 12.8. The largest absolute Gasteiger partial charge is 0.491 e. The average molecular weight is 560 g/mol. The highest BCUT2D eigenvalue weighted by atomic mass is 32.1. The highest BCUT2D eigenvalue weighted by Gasteiger charge is 2.30. The van der Waals surface area contributed by atoms with Gasteiger partial charge in [-0.1, -0.05) is 19.1 Å². The number of nitrogens with zero attached hydrogens (tertiary/aromatic N) is 5. The van der Waals surface area contributed by atoms with Gasteiger partial charge in [-0.3, -0.25) is 14.5 Å². The summed E-state index contributed by atoms with van der Waals surface area (Å²) in [7, 11) is 0. The molecule has 0 unspecified atom stereocenters. The monoisotopic (exact) mass is 559 g/mol. The molecule has 1 N–H and O–H groups in total. The number of alkyl halides is 3. The van der Waals surface area contributed by atoms with Crippen LogP contribution in [0.4, 0.5) is 13.2 Å². The Balaban J connectivity index is 1.02. The number of aliphatic hydroxyl groups is 1. The van der Waals surface area contributed by atoms with Crippen LogP contribution in [0.2, 0.25) is 0 Å². The predicted octanol–water partition coefficient (Wildman–Crippen LogP) is 4.80. The molecule has 0 aliphatic carbocycles. The highest BCUT2D eigenvalue weighted by Crippen LogP contribution is 2.31. The Morgan fingerprint density at radius 3 is 2.46 bits per heavy atom. The van der Waals surface area contributed by atoms with E-state index in [1.807, 2.05) is 29.1 Å². The molecule has 0 radical (unpaired) electrons. The average Bonchev–Trinajstić information content (AvgIpc) is 3.58. The number of rotatable bonds is 10. The molecular weight excluding hydrogens is 527 g/mol. The summed E-state index contributed by atoms with van der Waals surface area (Å²) in [4.78, 5) is 9.20. The fourth-order valence-corrected chi connectivity index (χ4v) is 5.55. The van der Waals surface area contributed by atoms with Gasteiger partial charge in [-0.25, -0.2) is 4.98 Å². The Morgan fingerprint density at radius 2 is 1.74 bits per heavy atom. The van der Waals surface area contributed by atoms with E-state index in [2.05, 4.69) is 26.8 Å². The molecule has 1 saturated heterocycles. The number of piperazine rings is 1. The number of hydrogen-bond acceptors (Lipinski definition) is 7. The molecule has 7 nitrogen and oxygen atoms in total. The van der Waals surface area contributed by atoms with Crippen LogP contribution in [0.5, 0.6) is 5.75 Å². The maximum absolute atomic E-state index is 12.8. The summed E-state index contributed by atoms with van der Waals surface area (Å²) in [5, 5.41) is 16.0. The summed E-state index contributed by atoms with van der Waals surface area (Å²) in [6.45, 7) is 7.90. The lowest BCUT2D eigenvalue weighted by molar-refractivity contribution is -0.137. The number of hydrogen-bond donors (Lipinski definition) is 1. The van der Waals surface area contributed by atoms with Crippen molar-refractivity contribution in [3.05, 3.63) is 65.4 Å². The van der Waals surface area contributed by atoms with Crippen molar-refractivity contribution in [1.29, 1.82) is 0 Å². The molecule has 1 aliphatic heterocycles. The van der Waals surface area contributed by atoms with Gasteiger partial charge >= 0.3 is 6.18 Å². The summed E-state index contributed by atoms with van der Waals surface area (Å²) in [5.74, 6) is 0.722. The summed E-state index contributed by atoms with van der Waals surface area (Å²) in [6.07, 6.45) is -0.459. The standard InChI is InChI=1S/C28H32F3N5O2S/c1-2-27-33-25-15-24(7-8-26(25)39-27)38-19-23(37)18-35-11-9-34(10-12-35)13-14-36-17-21(16-32-36)20-3-5-22(6-4-20)28(29,30)31/h3-8,15-17,23,37H,2,9-14,18-19H2,1H3/t23-/m1/s1. The van der Waals surface area contributed by atoms with Gasteiger partial charge in [0.05, 0.1) is 33.5 Å². The molecule has 0 spiro atoms. The van der Waals surface area contributed by atoms with Crippen LogP contribution in [0, 0.1) is 0 Å². The van der Waals surface area contributed by atoms with Crippen molar-refractivity contribution in [3.8, 4) is 16.9 Å². The highest BCUT2D eigenvalue weighted by molar-refractivity contribution is 7.18. The zero-order valence-electron chi connectivity index (χ0n) is 21.8. The summed E-state index contributed by atoms with van der Waals surface area (Å²) in [5.41, 5.74) is 1.78. The van der Waals surface area contributed by atoms with Gasteiger partial charge in [0, 0.05) is 57.1 Å². The molecule has 1 atom stereocenters. The van der Waals surface area contributed by atoms with Crippen molar-refractivity contribution in [2.75, 3.05) is 45.9 Å². The van der Waals surface area contributed by atoms with Gasteiger partial charge in [0.25, 0.3) is 0 Å². The Hall–Kier alpha value is -2.99. The van der Waals surface area contributed by atoms with Crippen LogP contribution in [-0.4, -0.2) is 81.7 Å². The second kappa shape index (κ2) is 12.0. The zero-order valence-corrected chi connectivity index (χ0v) is 22.6. The Morgan fingerprint density at radius 1 is 1.00 bits per heavy atom. The van der Waals surface area contributed by atoms with Gasteiger partial charge in [-0.15, -0.1) is 11.3 Å². The van der Waals surface area contributed by atoms with E-state index in [9.17, 15) is 18.3 Å². The Kier molecular flexibility index (Phi) is 8.51. The van der Waals surface area contributed by atoms with E-state index in [0.29, 0.717) is 18.7 Å². The van der Waals surface area contributed by atoms with E-state index in [4.69, 9.17) is 4.74 Å². The summed E-state index contributed by atoms with van der Waals surface area (Å²) in [6, 6.07) is 11.0. The zero-order chi connectivity index (χ0) is 27.4. The first kappa shape index (κ1) is 27.6. The molecule has 5 rings (SSSR count). The summed E-state index contributed by atoms with van der Waals surface area (Å²) < 4.78 is 47.2. The SMILES string of the molecule is CCc1nc2cc(OC[C@H](O)CN3CCN(CCn4cc(-c5ccc(C(F)(F)F)cc5)cn4)CC3)ccc2s1. The van der Waals surface area contributed by atoms with E-state index in [-0.39, 0.29) is 6.61 Å². The van der Waals surface area contributed by atoms with Crippen molar-refractivity contribution in [3.63, 3.8) is 0 Å². The fraction of sp³-hybridized carbons (Fsp3) is 0.429. The number of ether oxygens (including phenoxy) is 1. The van der Waals surface area contributed by atoms with Gasteiger partial charge in [0.1, 0.15) is 18.5 Å². The number of halogens is 3. The van der Waals surface area contributed by atoms with Gasteiger partial charge in [-0.2, -0.15) is 18.3 Å². The maximum Gasteiger partial charge on any atom is 0.416 e. The molecule has 2 aromatic carbocycles. The molecule has 1 aliphatic rings. The number of thiazole rings is 1. The van der Waals surface area contributed by atoms with E-state index in [1.165, 1.54) is 12.1 Å². The van der Waals surface area contributed by atoms with Gasteiger partial charge in [0.15, 0.2) is 0 Å². The van der Waals surface area contributed by atoms with Crippen LogP contribution < -0.4 is 4.74 Å². The molecule has 11 heteroatoms. The van der Waals surface area contributed by atoms with Crippen LogP contribution in [0.1, 0.15) is 17.5 Å². The van der Waals surface area contributed by atoms with Crippen LogP contribution >= 0.6 is 11.3 Å². The molecule has 0 amide bonds. The van der Waals surface area contributed by atoms with Crippen molar-refractivity contribution in [1.82, 2.24) is 24.6 Å². The summed E-state index contributed by atoms with van der Waals surface area (Å²) >= 11 is 1.69. The van der Waals surface area contributed by atoms with Crippen molar-refractivity contribution < 1.29 is 23.0 Å². The minimum Gasteiger partial charge on any atom is -0.491 e. The molecule has 1 fully saturated rings. The third-order valence-corrected chi connectivity index (χ3v) is 8.09. The minimum atomic E-state index is -4.34. The molecular formula is C28H32F3N5O2S. The van der Waals surface area contributed by atoms with Crippen molar-refractivity contribution in [2.45, 2.75) is 32.2 Å². The van der Waals surface area contributed by atoms with E-state index in [1.54, 1.807) is 17.5 Å². The van der Waals surface area contributed by atoms with E-state index >= 15 is 0 Å². The molecule has 0 saturated carbocycles. The van der Waals surface area contributed by atoms with E-state index < -0.39 is 17.8 Å². The fourth-order valence-electron chi connectivity index (χ4n) is 4.67. The van der Waals surface area contributed by atoms with Crippen LogP contribution in [-0.2, 0) is 19.1 Å². The van der Waals surface area contributed by atoms with Crippen LogP contribution in [0.3, 0.4) is 0 Å². The Bertz CT molecular complexity index is 1360. The second-order valence-electron chi connectivity index (χ2n) is 9.76. The molecule has 2 aromatic heterocycles. The third kappa shape index (κ3) is 7.16. The lowest BCUT2D eigenvalue weighted by Gasteiger charge is -2.35. The van der Waals surface area contributed by atoms with Crippen molar-refractivity contribution >= 4 is 21.6 Å². The van der Waals surface area contributed by atoms with Crippen molar-refractivity contribution in [2.24, 2.45) is 0 Å². The quantitative estimate of drug-likeness (QED) is 0.301. The van der Waals surface area contributed by atoms with Gasteiger partial charge < -0.3 is 9.84 Å². The van der Waals surface area contributed by atoms with E-state index in [0.717, 1.165) is 77.8 Å². The first-order valence-electron chi connectivity index (χ1n) is 13.1. The molecule has 3 heterocycles.